The Morgan fingerprint density at radius 3 is 2.00 bits per heavy atom. The normalized spacial score (nSPS) is 21.8. The molecule has 1 saturated carbocycles. The van der Waals surface area contributed by atoms with Gasteiger partial charge in [0, 0.05) is 5.41 Å². The van der Waals surface area contributed by atoms with E-state index < -0.39 is 0 Å². The van der Waals surface area contributed by atoms with Gasteiger partial charge in [-0.2, -0.15) is 0 Å². The Morgan fingerprint density at radius 1 is 1.15 bits per heavy atom. The van der Waals surface area contributed by atoms with Crippen molar-refractivity contribution in [1.29, 1.82) is 0 Å². The molecule has 20 heavy (non-hydrogen) atoms. The molecule has 0 aliphatic heterocycles. The molecule has 1 nitrogen and oxygen atoms in total. The topological polar surface area (TPSA) is 9.23 Å². The summed E-state index contributed by atoms with van der Waals surface area (Å²) in [5.41, 5.74) is 0.425. The van der Waals surface area contributed by atoms with Gasteiger partial charge in [-0.05, 0) is 49.9 Å². The van der Waals surface area contributed by atoms with Crippen molar-refractivity contribution >= 4 is 0 Å². The molecule has 1 unspecified atom stereocenters. The van der Waals surface area contributed by atoms with E-state index in [2.05, 4.69) is 55.0 Å². The van der Waals surface area contributed by atoms with Crippen molar-refractivity contribution in [3.8, 4) is 0 Å². The van der Waals surface area contributed by atoms with Crippen LogP contribution in [0.1, 0.15) is 87.0 Å². The van der Waals surface area contributed by atoms with E-state index in [-0.39, 0.29) is 11.0 Å². The third kappa shape index (κ3) is 4.02. The van der Waals surface area contributed by atoms with Crippen molar-refractivity contribution in [3.63, 3.8) is 0 Å². The first kappa shape index (κ1) is 17.6. The van der Waals surface area contributed by atoms with Gasteiger partial charge in [0.25, 0.3) is 0 Å². The fraction of sp³-hybridized carbons (Fsp3) is 0.895. The van der Waals surface area contributed by atoms with Crippen LogP contribution in [0.5, 0.6) is 0 Å². The maximum absolute atomic E-state index is 6.53. The lowest BCUT2D eigenvalue weighted by molar-refractivity contribution is -0.0421. The highest BCUT2D eigenvalue weighted by molar-refractivity contribution is 5.07. The second-order valence-corrected chi connectivity index (χ2v) is 8.58. The minimum absolute atomic E-state index is 0.0585. The summed E-state index contributed by atoms with van der Waals surface area (Å²) in [7, 11) is 0. The Hall–Kier alpha value is -0.460. The summed E-state index contributed by atoms with van der Waals surface area (Å²) < 4.78 is 6.53. The minimum atomic E-state index is 0.0585. The van der Waals surface area contributed by atoms with Gasteiger partial charge < -0.3 is 4.74 Å². The lowest BCUT2D eigenvalue weighted by Crippen LogP contribution is -2.37. The van der Waals surface area contributed by atoms with Gasteiger partial charge >= 0.3 is 0 Å². The largest absolute Gasteiger partial charge is 0.492 e. The summed E-state index contributed by atoms with van der Waals surface area (Å²) in [6, 6.07) is 0. The van der Waals surface area contributed by atoms with Crippen LogP contribution in [0.15, 0.2) is 12.3 Å². The van der Waals surface area contributed by atoms with E-state index in [4.69, 9.17) is 4.74 Å². The molecule has 1 atom stereocenters. The van der Waals surface area contributed by atoms with Crippen LogP contribution < -0.4 is 0 Å². The molecule has 0 radical (unpaired) electrons. The van der Waals surface area contributed by atoms with Crippen LogP contribution in [-0.2, 0) is 4.74 Å². The van der Waals surface area contributed by atoms with Gasteiger partial charge in [0.1, 0.15) is 5.60 Å². The predicted molar refractivity (Wildman–Crippen MR) is 88.7 cm³/mol. The zero-order chi connectivity index (χ0) is 15.6. The maximum atomic E-state index is 6.53. The fourth-order valence-corrected chi connectivity index (χ4v) is 3.65. The molecule has 1 aliphatic rings. The van der Waals surface area contributed by atoms with E-state index in [9.17, 15) is 0 Å². The van der Waals surface area contributed by atoms with Gasteiger partial charge in [0.15, 0.2) is 0 Å². The minimum Gasteiger partial charge on any atom is -0.492 e. The predicted octanol–water partition coefficient (Wildman–Crippen LogP) is 6.34. The van der Waals surface area contributed by atoms with Gasteiger partial charge in [0.05, 0.1) is 5.76 Å². The van der Waals surface area contributed by atoms with Crippen LogP contribution in [0.4, 0.5) is 0 Å². The first-order valence-electron chi connectivity index (χ1n) is 8.43. The standard InChI is InChI=1S/C19H36O/c1-9-19(12-10-11-13-19)20-16(4)18(8,15(2)3)14-17(5,6)7/h15H,4,9-14H2,1-3,5-8H3. The molecule has 1 rings (SSSR count). The van der Waals surface area contributed by atoms with Crippen molar-refractivity contribution in [2.24, 2.45) is 16.7 Å². The average molecular weight is 280 g/mol. The van der Waals surface area contributed by atoms with Crippen LogP contribution >= 0.6 is 0 Å². The number of ether oxygens (including phenoxy) is 1. The number of rotatable bonds is 6. The van der Waals surface area contributed by atoms with Gasteiger partial charge in [0.2, 0.25) is 0 Å². The van der Waals surface area contributed by atoms with Crippen LogP contribution in [-0.4, -0.2) is 5.60 Å². The molecular formula is C19H36O. The number of hydrogen-bond acceptors (Lipinski definition) is 1. The number of hydrogen-bond donors (Lipinski definition) is 0. The van der Waals surface area contributed by atoms with Gasteiger partial charge in [-0.15, -0.1) is 0 Å². The first-order valence-corrected chi connectivity index (χ1v) is 8.43. The molecule has 0 aromatic carbocycles. The fourth-order valence-electron chi connectivity index (χ4n) is 3.65. The lowest BCUT2D eigenvalue weighted by atomic mass is 9.67. The van der Waals surface area contributed by atoms with Gasteiger partial charge in [-0.25, -0.2) is 0 Å². The zero-order valence-electron chi connectivity index (χ0n) is 14.9. The molecule has 0 heterocycles. The van der Waals surface area contributed by atoms with Crippen LogP contribution in [0.3, 0.4) is 0 Å². The molecule has 0 saturated heterocycles. The molecular weight excluding hydrogens is 244 g/mol. The van der Waals surface area contributed by atoms with Crippen molar-refractivity contribution in [1.82, 2.24) is 0 Å². The van der Waals surface area contributed by atoms with Gasteiger partial charge in [-0.1, -0.05) is 55.0 Å². The Labute approximate surface area is 127 Å². The lowest BCUT2D eigenvalue weighted by Gasteiger charge is -2.43. The second-order valence-electron chi connectivity index (χ2n) is 8.58. The highest BCUT2D eigenvalue weighted by Gasteiger charge is 2.42. The molecule has 0 amide bonds. The van der Waals surface area contributed by atoms with E-state index >= 15 is 0 Å². The van der Waals surface area contributed by atoms with Crippen LogP contribution in [0.25, 0.3) is 0 Å². The zero-order valence-corrected chi connectivity index (χ0v) is 14.9. The van der Waals surface area contributed by atoms with Crippen LogP contribution in [0, 0.1) is 16.7 Å². The van der Waals surface area contributed by atoms with Gasteiger partial charge in [-0.3, -0.25) is 0 Å². The van der Waals surface area contributed by atoms with E-state index in [1.165, 1.54) is 25.7 Å². The molecule has 0 aromatic heterocycles. The molecule has 0 N–H and O–H groups in total. The van der Waals surface area contributed by atoms with E-state index in [0.29, 0.717) is 11.3 Å². The number of allylic oxidation sites excluding steroid dienone is 1. The summed E-state index contributed by atoms with van der Waals surface area (Å²) in [5.74, 6) is 1.57. The summed E-state index contributed by atoms with van der Waals surface area (Å²) in [6.45, 7) is 20.5. The molecule has 1 aliphatic carbocycles. The summed E-state index contributed by atoms with van der Waals surface area (Å²) >= 11 is 0. The summed E-state index contributed by atoms with van der Waals surface area (Å²) in [4.78, 5) is 0. The SMILES string of the molecule is C=C(OC1(CC)CCCC1)C(C)(CC(C)(C)C)C(C)C. The molecule has 118 valence electrons. The Bertz CT molecular complexity index is 328. The third-order valence-corrected chi connectivity index (χ3v) is 5.31. The summed E-state index contributed by atoms with van der Waals surface area (Å²) in [6.07, 6.45) is 7.24. The monoisotopic (exact) mass is 280 g/mol. The maximum Gasteiger partial charge on any atom is 0.108 e. The van der Waals surface area contributed by atoms with E-state index in [1.54, 1.807) is 0 Å². The third-order valence-electron chi connectivity index (χ3n) is 5.31. The highest BCUT2D eigenvalue weighted by atomic mass is 16.5. The quantitative estimate of drug-likeness (QED) is 0.516. The Kier molecular flexibility index (Phi) is 5.38. The smallest absolute Gasteiger partial charge is 0.108 e. The van der Waals surface area contributed by atoms with E-state index in [1.807, 2.05) is 0 Å². The van der Waals surface area contributed by atoms with Crippen molar-refractivity contribution in [2.75, 3.05) is 0 Å². The molecule has 0 bridgehead atoms. The van der Waals surface area contributed by atoms with E-state index in [0.717, 1.165) is 18.6 Å². The van der Waals surface area contributed by atoms with Crippen molar-refractivity contribution in [3.05, 3.63) is 12.3 Å². The van der Waals surface area contributed by atoms with Crippen LogP contribution in [0.2, 0.25) is 0 Å². The molecule has 0 aromatic rings. The summed E-state index contributed by atoms with van der Waals surface area (Å²) in [5, 5.41) is 0. The Morgan fingerprint density at radius 2 is 1.65 bits per heavy atom. The molecule has 0 spiro atoms. The van der Waals surface area contributed by atoms with Crippen molar-refractivity contribution < 1.29 is 4.74 Å². The Balaban J connectivity index is 2.89. The first-order chi connectivity index (χ1) is 9.05. The average Bonchev–Trinajstić information content (AvgIpc) is 2.75. The molecule has 1 fully saturated rings. The highest BCUT2D eigenvalue weighted by Crippen LogP contribution is 2.48. The van der Waals surface area contributed by atoms with Crippen molar-refractivity contribution in [2.45, 2.75) is 92.6 Å². The second kappa shape index (κ2) is 6.12. The molecule has 1 heteroatoms.